The smallest absolute Gasteiger partial charge is 0.226 e. The van der Waals surface area contributed by atoms with Gasteiger partial charge in [-0.25, -0.2) is 14.4 Å². The Balaban J connectivity index is 1.34. The maximum Gasteiger partial charge on any atom is 0.226 e. The summed E-state index contributed by atoms with van der Waals surface area (Å²) in [5, 5.41) is 3.12. The third-order valence-corrected chi connectivity index (χ3v) is 3.88. The zero-order valence-corrected chi connectivity index (χ0v) is 15.3. The Morgan fingerprint density at radius 2 is 1.52 bits per heavy atom. The Kier molecular flexibility index (Phi) is 5.57. The number of nitrogens with one attached hydrogen (secondary N) is 1. The van der Waals surface area contributed by atoms with Crippen LogP contribution in [0.3, 0.4) is 0 Å². The van der Waals surface area contributed by atoms with Gasteiger partial charge in [-0.15, -0.1) is 0 Å². The lowest BCUT2D eigenvalue weighted by atomic mass is 10.3. The number of rotatable bonds is 7. The zero-order chi connectivity index (χ0) is 19.9. The number of anilines is 1. The monoisotopic (exact) mass is 388 g/mol. The standard InChI is InChI=1S/C22H17FN4O2/c23-17-7-9-19(10-8-17)29-21-12-13-24-22(27-21)26-15-16-6-11-20(25-14-16)28-18-4-2-1-3-5-18/h1-14H,15H2,(H,24,26,27). The zero-order valence-electron chi connectivity index (χ0n) is 15.3. The van der Waals surface area contributed by atoms with Gasteiger partial charge in [0, 0.05) is 31.1 Å². The molecule has 7 heteroatoms. The molecule has 0 radical (unpaired) electrons. The van der Waals surface area contributed by atoms with E-state index in [9.17, 15) is 4.39 Å². The Bertz CT molecular complexity index is 1060. The normalized spacial score (nSPS) is 10.4. The van der Waals surface area contributed by atoms with Gasteiger partial charge in [-0.2, -0.15) is 4.98 Å². The van der Waals surface area contributed by atoms with Crippen LogP contribution in [0.25, 0.3) is 0 Å². The number of para-hydroxylation sites is 1. The second kappa shape index (κ2) is 8.79. The maximum absolute atomic E-state index is 13.0. The molecule has 4 rings (SSSR count). The minimum absolute atomic E-state index is 0.323. The molecule has 0 bridgehead atoms. The molecule has 0 aliphatic rings. The second-order valence-electron chi connectivity index (χ2n) is 6.05. The molecule has 0 aliphatic carbocycles. The molecule has 4 aromatic rings. The summed E-state index contributed by atoms with van der Waals surface area (Å²) in [6.45, 7) is 0.485. The van der Waals surface area contributed by atoms with Gasteiger partial charge in [0.15, 0.2) is 0 Å². The van der Waals surface area contributed by atoms with Crippen LogP contribution in [-0.2, 0) is 6.54 Å². The first-order chi connectivity index (χ1) is 14.2. The highest BCUT2D eigenvalue weighted by atomic mass is 19.1. The predicted molar refractivity (Wildman–Crippen MR) is 107 cm³/mol. The van der Waals surface area contributed by atoms with Crippen LogP contribution in [0, 0.1) is 5.82 Å². The van der Waals surface area contributed by atoms with Crippen molar-refractivity contribution in [1.82, 2.24) is 15.0 Å². The van der Waals surface area contributed by atoms with Gasteiger partial charge in [0.2, 0.25) is 17.7 Å². The topological polar surface area (TPSA) is 69.2 Å². The summed E-state index contributed by atoms with van der Waals surface area (Å²) in [6.07, 6.45) is 3.31. The first-order valence-electron chi connectivity index (χ1n) is 8.93. The molecule has 6 nitrogen and oxygen atoms in total. The van der Waals surface area contributed by atoms with Gasteiger partial charge in [0.05, 0.1) is 0 Å². The lowest BCUT2D eigenvalue weighted by Crippen LogP contribution is -2.04. The summed E-state index contributed by atoms with van der Waals surface area (Å²) in [5.41, 5.74) is 0.943. The summed E-state index contributed by atoms with van der Waals surface area (Å²) in [4.78, 5) is 12.8. The number of halogens is 1. The van der Waals surface area contributed by atoms with Gasteiger partial charge in [-0.3, -0.25) is 0 Å². The van der Waals surface area contributed by atoms with Gasteiger partial charge in [-0.1, -0.05) is 24.3 Å². The third kappa shape index (κ3) is 5.26. The molecule has 0 aliphatic heterocycles. The average Bonchev–Trinajstić information content (AvgIpc) is 2.76. The van der Waals surface area contributed by atoms with E-state index in [2.05, 4.69) is 20.3 Å². The number of aromatic nitrogens is 3. The van der Waals surface area contributed by atoms with Crippen molar-refractivity contribution in [2.24, 2.45) is 0 Å². The Morgan fingerprint density at radius 3 is 2.28 bits per heavy atom. The molecule has 0 saturated heterocycles. The molecule has 0 atom stereocenters. The molecule has 2 aromatic heterocycles. The highest BCUT2D eigenvalue weighted by Crippen LogP contribution is 2.21. The average molecular weight is 388 g/mol. The van der Waals surface area contributed by atoms with E-state index in [1.54, 1.807) is 24.5 Å². The molecule has 0 spiro atoms. The van der Waals surface area contributed by atoms with E-state index in [1.807, 2.05) is 36.4 Å². The molecule has 0 fully saturated rings. The Labute approximate surface area is 167 Å². The highest BCUT2D eigenvalue weighted by Gasteiger charge is 2.04. The molecule has 29 heavy (non-hydrogen) atoms. The van der Waals surface area contributed by atoms with Gasteiger partial charge in [-0.05, 0) is 42.0 Å². The van der Waals surface area contributed by atoms with Crippen LogP contribution >= 0.6 is 0 Å². The van der Waals surface area contributed by atoms with Crippen molar-refractivity contribution in [1.29, 1.82) is 0 Å². The van der Waals surface area contributed by atoms with Crippen LogP contribution in [0.5, 0.6) is 23.3 Å². The SMILES string of the molecule is Fc1ccc(Oc2ccnc(NCc3ccc(Oc4ccccc4)nc3)n2)cc1. The van der Waals surface area contributed by atoms with E-state index in [-0.39, 0.29) is 5.82 Å². The Hall–Kier alpha value is -4.00. The van der Waals surface area contributed by atoms with Crippen LogP contribution in [0.15, 0.2) is 85.2 Å². The fraction of sp³-hybridized carbons (Fsp3) is 0.0455. The summed E-state index contributed by atoms with van der Waals surface area (Å²) in [7, 11) is 0. The quantitative estimate of drug-likeness (QED) is 0.469. The molecular weight excluding hydrogens is 371 g/mol. The minimum Gasteiger partial charge on any atom is -0.439 e. The fourth-order valence-corrected chi connectivity index (χ4v) is 2.47. The number of hydrogen-bond donors (Lipinski definition) is 1. The summed E-state index contributed by atoms with van der Waals surface area (Å²) < 4.78 is 24.3. The number of benzene rings is 2. The lowest BCUT2D eigenvalue weighted by Gasteiger charge is -2.08. The summed E-state index contributed by atoms with van der Waals surface area (Å²) in [5.74, 6) is 2.20. The first-order valence-corrected chi connectivity index (χ1v) is 8.93. The van der Waals surface area contributed by atoms with Gasteiger partial charge >= 0.3 is 0 Å². The van der Waals surface area contributed by atoms with Crippen LogP contribution in [-0.4, -0.2) is 15.0 Å². The van der Waals surface area contributed by atoms with E-state index in [0.29, 0.717) is 30.0 Å². The molecule has 2 heterocycles. The fourth-order valence-electron chi connectivity index (χ4n) is 2.47. The first kappa shape index (κ1) is 18.4. The van der Waals surface area contributed by atoms with Gasteiger partial charge in [0.25, 0.3) is 0 Å². The summed E-state index contributed by atoms with van der Waals surface area (Å²) in [6, 6.07) is 20.6. The van der Waals surface area contributed by atoms with E-state index in [1.165, 1.54) is 24.3 Å². The van der Waals surface area contributed by atoms with Gasteiger partial charge in [0.1, 0.15) is 17.3 Å². The highest BCUT2D eigenvalue weighted by molar-refractivity contribution is 5.33. The Morgan fingerprint density at radius 1 is 0.759 bits per heavy atom. The van der Waals surface area contributed by atoms with Crippen molar-refractivity contribution in [3.05, 3.63) is 96.6 Å². The molecule has 144 valence electrons. The number of nitrogens with zero attached hydrogens (tertiary/aromatic N) is 3. The number of ether oxygens (including phenoxy) is 2. The van der Waals surface area contributed by atoms with Crippen LogP contribution in [0.1, 0.15) is 5.56 Å². The molecule has 1 N–H and O–H groups in total. The summed E-state index contributed by atoms with van der Waals surface area (Å²) >= 11 is 0. The van der Waals surface area contributed by atoms with Crippen molar-refractivity contribution in [3.63, 3.8) is 0 Å². The molecule has 0 unspecified atom stereocenters. The van der Waals surface area contributed by atoms with E-state index >= 15 is 0 Å². The van der Waals surface area contributed by atoms with Crippen LogP contribution < -0.4 is 14.8 Å². The maximum atomic E-state index is 13.0. The van der Waals surface area contributed by atoms with Crippen molar-refractivity contribution >= 4 is 5.95 Å². The number of hydrogen-bond acceptors (Lipinski definition) is 6. The van der Waals surface area contributed by atoms with Crippen LogP contribution in [0.4, 0.5) is 10.3 Å². The van der Waals surface area contributed by atoms with Crippen molar-refractivity contribution in [3.8, 4) is 23.3 Å². The van der Waals surface area contributed by atoms with E-state index in [4.69, 9.17) is 9.47 Å². The van der Waals surface area contributed by atoms with E-state index in [0.717, 1.165) is 11.3 Å². The van der Waals surface area contributed by atoms with Crippen LogP contribution in [0.2, 0.25) is 0 Å². The third-order valence-electron chi connectivity index (χ3n) is 3.88. The molecular formula is C22H17FN4O2. The van der Waals surface area contributed by atoms with E-state index < -0.39 is 0 Å². The van der Waals surface area contributed by atoms with Crippen molar-refractivity contribution in [2.45, 2.75) is 6.54 Å². The van der Waals surface area contributed by atoms with Crippen molar-refractivity contribution < 1.29 is 13.9 Å². The molecule has 0 amide bonds. The molecule has 0 saturated carbocycles. The number of pyridine rings is 1. The lowest BCUT2D eigenvalue weighted by molar-refractivity contribution is 0.460. The second-order valence-corrected chi connectivity index (χ2v) is 6.05. The molecule has 2 aromatic carbocycles. The minimum atomic E-state index is -0.323. The predicted octanol–water partition coefficient (Wildman–Crippen LogP) is 5.21. The van der Waals surface area contributed by atoms with Gasteiger partial charge < -0.3 is 14.8 Å². The largest absolute Gasteiger partial charge is 0.439 e. The van der Waals surface area contributed by atoms with Crippen molar-refractivity contribution in [2.75, 3.05) is 5.32 Å².